The molecule has 1 rings (SSSR count). The van der Waals surface area contributed by atoms with Crippen LogP contribution in [0.2, 0.25) is 0 Å². The molecule has 1 aliphatic carbocycles. The summed E-state index contributed by atoms with van der Waals surface area (Å²) in [5.41, 5.74) is 5.90. The fourth-order valence-corrected chi connectivity index (χ4v) is 1.74. The molecule has 0 bridgehead atoms. The summed E-state index contributed by atoms with van der Waals surface area (Å²) < 4.78 is 0.440. The molecule has 1 aliphatic rings. The van der Waals surface area contributed by atoms with Gasteiger partial charge in [0, 0.05) is 10.2 Å². The average Bonchev–Trinajstić information content (AvgIpc) is 2.79. The lowest BCUT2D eigenvalue weighted by molar-refractivity contribution is 0.580. The lowest BCUT2D eigenvalue weighted by atomic mass is 9.95. The highest BCUT2D eigenvalue weighted by Crippen LogP contribution is 2.47. The number of hydrogen-bond donors (Lipinski definition) is 1. The molecule has 0 aliphatic heterocycles. The van der Waals surface area contributed by atoms with Crippen LogP contribution in [0.5, 0.6) is 0 Å². The van der Waals surface area contributed by atoms with Crippen molar-refractivity contribution in [3.8, 4) is 0 Å². The van der Waals surface area contributed by atoms with Crippen LogP contribution in [-0.2, 0) is 0 Å². The molecule has 0 saturated heterocycles. The number of hydrogen-bond acceptors (Lipinski definition) is 2. The molecule has 3 heteroatoms. The van der Waals surface area contributed by atoms with Crippen molar-refractivity contribution in [2.75, 3.05) is 12.8 Å². The van der Waals surface area contributed by atoms with E-state index >= 15 is 0 Å². The van der Waals surface area contributed by atoms with Crippen molar-refractivity contribution in [1.29, 1.82) is 0 Å². The van der Waals surface area contributed by atoms with Gasteiger partial charge in [-0.2, -0.15) is 11.8 Å². The SMILES string of the molecule is CSC1(CN=C(N)C(C)(C)C)CC1. The lowest BCUT2D eigenvalue weighted by Gasteiger charge is -2.18. The van der Waals surface area contributed by atoms with E-state index in [1.807, 2.05) is 11.8 Å². The van der Waals surface area contributed by atoms with E-state index in [0.29, 0.717) is 4.75 Å². The van der Waals surface area contributed by atoms with Crippen molar-refractivity contribution in [1.82, 2.24) is 0 Å². The summed E-state index contributed by atoms with van der Waals surface area (Å²) in [6.07, 6.45) is 4.76. The quantitative estimate of drug-likeness (QED) is 0.561. The maximum atomic E-state index is 5.88. The molecule has 0 unspecified atom stereocenters. The summed E-state index contributed by atoms with van der Waals surface area (Å²) in [5.74, 6) is 0.785. The van der Waals surface area contributed by atoms with E-state index in [2.05, 4.69) is 32.0 Å². The van der Waals surface area contributed by atoms with Crippen molar-refractivity contribution < 1.29 is 0 Å². The van der Waals surface area contributed by atoms with E-state index in [0.717, 1.165) is 12.4 Å². The van der Waals surface area contributed by atoms with Crippen molar-refractivity contribution in [2.45, 2.75) is 38.4 Å². The molecule has 0 aromatic carbocycles. The Balaban J connectivity index is 2.48. The van der Waals surface area contributed by atoms with Gasteiger partial charge in [0.25, 0.3) is 0 Å². The van der Waals surface area contributed by atoms with E-state index in [1.165, 1.54) is 12.8 Å². The van der Waals surface area contributed by atoms with Gasteiger partial charge in [-0.3, -0.25) is 4.99 Å². The van der Waals surface area contributed by atoms with Gasteiger partial charge in [-0.1, -0.05) is 20.8 Å². The van der Waals surface area contributed by atoms with Gasteiger partial charge >= 0.3 is 0 Å². The Morgan fingerprint density at radius 2 is 2.00 bits per heavy atom. The van der Waals surface area contributed by atoms with Crippen LogP contribution in [-0.4, -0.2) is 23.4 Å². The molecular weight excluding hydrogens is 180 g/mol. The Morgan fingerprint density at radius 3 is 2.31 bits per heavy atom. The zero-order chi connectivity index (χ0) is 10.1. The van der Waals surface area contributed by atoms with Crippen molar-refractivity contribution in [3.05, 3.63) is 0 Å². The molecule has 1 saturated carbocycles. The number of aliphatic imine (C=N–C) groups is 1. The highest BCUT2D eigenvalue weighted by atomic mass is 32.2. The zero-order valence-electron chi connectivity index (χ0n) is 9.05. The molecule has 0 aromatic rings. The number of nitrogens with zero attached hydrogens (tertiary/aromatic N) is 1. The van der Waals surface area contributed by atoms with Crippen LogP contribution >= 0.6 is 11.8 Å². The monoisotopic (exact) mass is 200 g/mol. The minimum Gasteiger partial charge on any atom is -0.387 e. The molecule has 0 amide bonds. The van der Waals surface area contributed by atoms with Gasteiger partial charge in [-0.05, 0) is 19.1 Å². The first-order valence-corrected chi connectivity index (χ1v) is 5.98. The molecule has 2 nitrogen and oxygen atoms in total. The van der Waals surface area contributed by atoms with Gasteiger partial charge in [0.05, 0.1) is 12.4 Å². The van der Waals surface area contributed by atoms with Gasteiger partial charge in [0.1, 0.15) is 0 Å². The molecule has 0 aromatic heterocycles. The number of nitrogens with two attached hydrogens (primary N) is 1. The molecule has 76 valence electrons. The van der Waals surface area contributed by atoms with Crippen LogP contribution in [0.3, 0.4) is 0 Å². The zero-order valence-corrected chi connectivity index (χ0v) is 9.87. The highest BCUT2D eigenvalue weighted by molar-refractivity contribution is 8.00. The summed E-state index contributed by atoms with van der Waals surface area (Å²) in [7, 11) is 0. The van der Waals surface area contributed by atoms with Crippen molar-refractivity contribution in [3.63, 3.8) is 0 Å². The van der Waals surface area contributed by atoms with Gasteiger partial charge in [-0.15, -0.1) is 0 Å². The molecule has 2 N–H and O–H groups in total. The Kier molecular flexibility index (Phi) is 2.95. The first-order chi connectivity index (χ1) is 5.90. The lowest BCUT2D eigenvalue weighted by Crippen LogP contribution is -2.30. The number of rotatable bonds is 3. The smallest absolute Gasteiger partial charge is 0.0991 e. The van der Waals surface area contributed by atoms with Gasteiger partial charge in [0.2, 0.25) is 0 Å². The molecule has 1 fully saturated rings. The third-order valence-corrected chi connectivity index (χ3v) is 3.95. The summed E-state index contributed by atoms with van der Waals surface area (Å²) in [4.78, 5) is 4.47. The second kappa shape index (κ2) is 3.52. The van der Waals surface area contributed by atoms with Gasteiger partial charge < -0.3 is 5.73 Å². The van der Waals surface area contributed by atoms with Crippen LogP contribution in [0.25, 0.3) is 0 Å². The van der Waals surface area contributed by atoms with Crippen molar-refractivity contribution >= 4 is 17.6 Å². The number of amidine groups is 1. The largest absolute Gasteiger partial charge is 0.387 e. The topological polar surface area (TPSA) is 38.4 Å². The third kappa shape index (κ3) is 2.90. The standard InChI is InChI=1S/C10H20N2S/c1-9(2,3)8(11)12-7-10(13-4)5-6-10/h5-7H2,1-4H3,(H2,11,12). The van der Waals surface area contributed by atoms with E-state index < -0.39 is 0 Å². The van der Waals surface area contributed by atoms with Crippen LogP contribution < -0.4 is 5.73 Å². The van der Waals surface area contributed by atoms with E-state index in [4.69, 9.17) is 5.73 Å². The predicted octanol–water partition coefficient (Wildman–Crippen LogP) is 2.29. The van der Waals surface area contributed by atoms with Gasteiger partial charge in [0.15, 0.2) is 0 Å². The second-order valence-corrected chi connectivity index (χ2v) is 6.11. The fourth-order valence-electron chi connectivity index (χ4n) is 1.03. The summed E-state index contributed by atoms with van der Waals surface area (Å²) >= 11 is 1.93. The fraction of sp³-hybridized carbons (Fsp3) is 0.900. The van der Waals surface area contributed by atoms with Crippen LogP contribution in [0.4, 0.5) is 0 Å². The summed E-state index contributed by atoms with van der Waals surface area (Å²) in [6.45, 7) is 7.21. The molecule has 13 heavy (non-hydrogen) atoms. The minimum atomic E-state index is 0.0223. The maximum absolute atomic E-state index is 5.88. The normalized spacial score (nSPS) is 21.7. The minimum absolute atomic E-state index is 0.0223. The third-order valence-electron chi connectivity index (χ3n) is 2.55. The Hall–Kier alpha value is -0.180. The molecule has 0 heterocycles. The summed E-state index contributed by atoms with van der Waals surface area (Å²) in [5, 5.41) is 0. The number of thioether (sulfide) groups is 1. The molecule has 0 radical (unpaired) electrons. The van der Waals surface area contributed by atoms with Crippen LogP contribution in [0, 0.1) is 5.41 Å². The predicted molar refractivity (Wildman–Crippen MR) is 61.4 cm³/mol. The Bertz CT molecular complexity index is 211. The highest BCUT2D eigenvalue weighted by Gasteiger charge is 2.41. The molecular formula is C10H20N2S. The Labute approximate surface area is 85.4 Å². The van der Waals surface area contributed by atoms with Crippen LogP contribution in [0.1, 0.15) is 33.6 Å². The first-order valence-electron chi connectivity index (χ1n) is 4.75. The van der Waals surface area contributed by atoms with Crippen molar-refractivity contribution in [2.24, 2.45) is 16.1 Å². The van der Waals surface area contributed by atoms with E-state index in [1.54, 1.807) is 0 Å². The van der Waals surface area contributed by atoms with E-state index in [-0.39, 0.29) is 5.41 Å². The van der Waals surface area contributed by atoms with Gasteiger partial charge in [-0.25, -0.2) is 0 Å². The second-order valence-electron chi connectivity index (χ2n) is 4.84. The molecule has 0 atom stereocenters. The van der Waals surface area contributed by atoms with Crippen LogP contribution in [0.15, 0.2) is 4.99 Å². The first kappa shape index (κ1) is 10.9. The molecule has 0 spiro atoms. The maximum Gasteiger partial charge on any atom is 0.0991 e. The summed E-state index contributed by atoms with van der Waals surface area (Å²) in [6, 6.07) is 0. The average molecular weight is 200 g/mol. The van der Waals surface area contributed by atoms with E-state index in [9.17, 15) is 0 Å². The Morgan fingerprint density at radius 1 is 1.46 bits per heavy atom.